The highest BCUT2D eigenvalue weighted by atomic mass is 35.5. The van der Waals surface area contributed by atoms with Crippen molar-refractivity contribution in [3.63, 3.8) is 0 Å². The van der Waals surface area contributed by atoms with Crippen LogP contribution in [0.2, 0.25) is 0 Å². The molecule has 0 fully saturated rings. The molecule has 0 unspecified atom stereocenters. The van der Waals surface area contributed by atoms with E-state index in [1.54, 1.807) is 0 Å². The molecule has 0 amide bonds. The summed E-state index contributed by atoms with van der Waals surface area (Å²) in [4.78, 5) is 0. The SMILES string of the molecule is Cl.NNCc1ccccc1Oc1ccccc1. The van der Waals surface area contributed by atoms with Crippen LogP contribution in [0.1, 0.15) is 5.56 Å². The lowest BCUT2D eigenvalue weighted by atomic mass is 10.2. The zero-order valence-electron chi connectivity index (χ0n) is 9.30. The second-order valence-corrected chi connectivity index (χ2v) is 3.40. The Kier molecular flexibility index (Phi) is 5.49. The van der Waals surface area contributed by atoms with Crippen molar-refractivity contribution >= 4 is 12.4 Å². The van der Waals surface area contributed by atoms with Gasteiger partial charge in [-0.3, -0.25) is 11.3 Å². The Bertz CT molecular complexity index is 448. The van der Waals surface area contributed by atoms with Crippen LogP contribution in [-0.2, 0) is 6.54 Å². The first kappa shape index (κ1) is 13.5. The summed E-state index contributed by atoms with van der Waals surface area (Å²) in [6.07, 6.45) is 0. The van der Waals surface area contributed by atoms with Crippen molar-refractivity contribution in [2.45, 2.75) is 6.54 Å². The van der Waals surface area contributed by atoms with Gasteiger partial charge in [-0.15, -0.1) is 12.4 Å². The van der Waals surface area contributed by atoms with Gasteiger partial charge in [0, 0.05) is 12.1 Å². The maximum atomic E-state index is 5.77. The quantitative estimate of drug-likeness (QED) is 0.648. The maximum absolute atomic E-state index is 5.77. The highest BCUT2D eigenvalue weighted by molar-refractivity contribution is 5.85. The molecule has 4 heteroatoms. The third kappa shape index (κ3) is 3.75. The van der Waals surface area contributed by atoms with Gasteiger partial charge >= 0.3 is 0 Å². The minimum atomic E-state index is 0. The van der Waals surface area contributed by atoms with Gasteiger partial charge in [-0.05, 0) is 18.2 Å². The number of hydrazine groups is 1. The highest BCUT2D eigenvalue weighted by Gasteiger charge is 2.02. The smallest absolute Gasteiger partial charge is 0.131 e. The van der Waals surface area contributed by atoms with Gasteiger partial charge in [-0.25, -0.2) is 0 Å². The average molecular weight is 251 g/mol. The molecule has 0 radical (unpaired) electrons. The van der Waals surface area contributed by atoms with E-state index < -0.39 is 0 Å². The summed E-state index contributed by atoms with van der Waals surface area (Å²) in [5.74, 6) is 6.97. The normalized spacial score (nSPS) is 9.47. The molecule has 0 aromatic heterocycles. The number of hydrogen-bond donors (Lipinski definition) is 2. The average Bonchev–Trinajstić information content (AvgIpc) is 2.33. The molecule has 3 nitrogen and oxygen atoms in total. The van der Waals surface area contributed by atoms with E-state index in [9.17, 15) is 0 Å². The molecule has 2 rings (SSSR count). The number of benzene rings is 2. The van der Waals surface area contributed by atoms with Crippen LogP contribution in [0.4, 0.5) is 0 Å². The van der Waals surface area contributed by atoms with E-state index >= 15 is 0 Å². The monoisotopic (exact) mass is 250 g/mol. The summed E-state index contributed by atoms with van der Waals surface area (Å²) in [6, 6.07) is 17.5. The molecule has 2 aromatic rings. The van der Waals surface area contributed by atoms with E-state index in [0.717, 1.165) is 17.1 Å². The third-order valence-corrected chi connectivity index (χ3v) is 2.24. The van der Waals surface area contributed by atoms with Gasteiger partial charge in [-0.1, -0.05) is 36.4 Å². The van der Waals surface area contributed by atoms with Gasteiger partial charge in [0.15, 0.2) is 0 Å². The molecule has 0 spiro atoms. The Hall–Kier alpha value is -1.55. The zero-order chi connectivity index (χ0) is 11.2. The second kappa shape index (κ2) is 6.91. The Morgan fingerprint density at radius 3 is 2.29 bits per heavy atom. The van der Waals surface area contributed by atoms with E-state index in [-0.39, 0.29) is 12.4 Å². The van der Waals surface area contributed by atoms with Crippen LogP contribution in [0.15, 0.2) is 54.6 Å². The molecular weight excluding hydrogens is 236 g/mol. The van der Waals surface area contributed by atoms with Crippen LogP contribution in [0, 0.1) is 0 Å². The summed E-state index contributed by atoms with van der Waals surface area (Å²) in [6.45, 7) is 0.586. The molecular formula is C13H15ClN2O. The van der Waals surface area contributed by atoms with Crippen LogP contribution in [0.5, 0.6) is 11.5 Å². The van der Waals surface area contributed by atoms with Crippen molar-refractivity contribution in [2.75, 3.05) is 0 Å². The Morgan fingerprint density at radius 1 is 0.941 bits per heavy atom. The summed E-state index contributed by atoms with van der Waals surface area (Å²) in [5.41, 5.74) is 3.67. The molecule has 0 saturated heterocycles. The number of nitrogens with one attached hydrogen (secondary N) is 1. The topological polar surface area (TPSA) is 47.3 Å². The lowest BCUT2D eigenvalue weighted by Gasteiger charge is -2.10. The van der Waals surface area contributed by atoms with Gasteiger partial charge in [0.1, 0.15) is 11.5 Å². The summed E-state index contributed by atoms with van der Waals surface area (Å²) in [5, 5.41) is 0. The molecule has 0 atom stereocenters. The van der Waals surface area contributed by atoms with Gasteiger partial charge < -0.3 is 4.74 Å². The number of halogens is 1. The van der Waals surface area contributed by atoms with Crippen LogP contribution >= 0.6 is 12.4 Å². The molecule has 2 aromatic carbocycles. The number of nitrogens with two attached hydrogens (primary N) is 1. The minimum absolute atomic E-state index is 0. The summed E-state index contributed by atoms with van der Waals surface area (Å²) in [7, 11) is 0. The van der Waals surface area contributed by atoms with Crippen molar-refractivity contribution in [3.8, 4) is 11.5 Å². The van der Waals surface area contributed by atoms with E-state index in [1.807, 2.05) is 54.6 Å². The number of ether oxygens (including phenoxy) is 1. The van der Waals surface area contributed by atoms with Crippen molar-refractivity contribution in [3.05, 3.63) is 60.2 Å². The minimum Gasteiger partial charge on any atom is -0.457 e. The first-order valence-corrected chi connectivity index (χ1v) is 5.14. The van der Waals surface area contributed by atoms with Crippen LogP contribution in [0.3, 0.4) is 0 Å². The summed E-state index contributed by atoms with van der Waals surface area (Å²) < 4.78 is 5.77. The maximum Gasteiger partial charge on any atom is 0.131 e. The fourth-order valence-electron chi connectivity index (χ4n) is 1.47. The van der Waals surface area contributed by atoms with Crippen LogP contribution in [-0.4, -0.2) is 0 Å². The lowest BCUT2D eigenvalue weighted by Crippen LogP contribution is -2.21. The van der Waals surface area contributed by atoms with Gasteiger partial charge in [0.05, 0.1) is 0 Å². The largest absolute Gasteiger partial charge is 0.457 e. The summed E-state index contributed by atoms with van der Waals surface area (Å²) >= 11 is 0. The van der Waals surface area contributed by atoms with Crippen molar-refractivity contribution in [1.29, 1.82) is 0 Å². The van der Waals surface area contributed by atoms with Crippen molar-refractivity contribution in [2.24, 2.45) is 5.84 Å². The molecule has 90 valence electrons. The number of hydrogen-bond acceptors (Lipinski definition) is 3. The standard InChI is InChI=1S/C13H14N2O.ClH/c14-15-10-11-6-4-5-9-13(11)16-12-7-2-1-3-8-12;/h1-9,15H,10,14H2;1H. The second-order valence-electron chi connectivity index (χ2n) is 3.40. The number of para-hydroxylation sites is 2. The highest BCUT2D eigenvalue weighted by Crippen LogP contribution is 2.24. The first-order chi connectivity index (χ1) is 7.90. The van der Waals surface area contributed by atoms with Gasteiger partial charge in [0.25, 0.3) is 0 Å². The first-order valence-electron chi connectivity index (χ1n) is 5.14. The van der Waals surface area contributed by atoms with E-state index in [4.69, 9.17) is 10.6 Å². The molecule has 0 heterocycles. The third-order valence-electron chi connectivity index (χ3n) is 2.24. The molecule has 3 N–H and O–H groups in total. The van der Waals surface area contributed by atoms with Crippen LogP contribution < -0.4 is 16.0 Å². The van der Waals surface area contributed by atoms with Crippen LogP contribution in [0.25, 0.3) is 0 Å². The van der Waals surface area contributed by atoms with Gasteiger partial charge in [-0.2, -0.15) is 0 Å². The van der Waals surface area contributed by atoms with Crippen molar-refractivity contribution < 1.29 is 4.74 Å². The molecule has 0 saturated carbocycles. The Labute approximate surface area is 107 Å². The fourth-order valence-corrected chi connectivity index (χ4v) is 1.47. The molecule has 17 heavy (non-hydrogen) atoms. The zero-order valence-corrected chi connectivity index (χ0v) is 10.1. The molecule has 0 aliphatic carbocycles. The predicted octanol–water partition coefficient (Wildman–Crippen LogP) is 2.86. The molecule has 0 aliphatic heterocycles. The van der Waals surface area contributed by atoms with Crippen molar-refractivity contribution in [1.82, 2.24) is 5.43 Å². The molecule has 0 aliphatic rings. The lowest BCUT2D eigenvalue weighted by molar-refractivity contribution is 0.473. The van der Waals surface area contributed by atoms with Gasteiger partial charge in [0.2, 0.25) is 0 Å². The predicted molar refractivity (Wildman–Crippen MR) is 71.2 cm³/mol. The van der Waals surface area contributed by atoms with E-state index in [2.05, 4.69) is 5.43 Å². The molecule has 0 bridgehead atoms. The van der Waals surface area contributed by atoms with E-state index in [0.29, 0.717) is 6.54 Å². The number of rotatable bonds is 4. The Morgan fingerprint density at radius 2 is 1.59 bits per heavy atom. The van der Waals surface area contributed by atoms with E-state index in [1.165, 1.54) is 0 Å². The fraction of sp³-hybridized carbons (Fsp3) is 0.0769. The Balaban J connectivity index is 0.00000144.